The van der Waals surface area contributed by atoms with Crippen LogP contribution in [0.5, 0.6) is 0 Å². The van der Waals surface area contributed by atoms with Crippen LogP contribution in [0.1, 0.15) is 38.1 Å². The minimum Gasteiger partial charge on any atom is -0.462 e. The number of aryl methyl sites for hydroxylation is 1. The average Bonchev–Trinajstić information content (AvgIpc) is 3.15. The molecule has 4 aromatic rings. The van der Waals surface area contributed by atoms with Crippen LogP contribution in [0.25, 0.3) is 27.7 Å². The fourth-order valence-corrected chi connectivity index (χ4v) is 4.84. The number of ether oxygens (including phenoxy) is 2. The molecule has 1 saturated heterocycles. The van der Waals surface area contributed by atoms with Crippen molar-refractivity contribution < 1.29 is 19.1 Å². The molecule has 3 aromatic heterocycles. The average molecular weight is 506 g/mol. The molecule has 0 aliphatic carbocycles. The SMILES string of the molecule is CCOC(=O)c1c(=O)c2ccc(N3CCN(C(=O)OC(C)(C)C)CC3)nc2n2c3ccccc3n(C)c12. The number of pyridine rings is 2. The second-order valence-corrected chi connectivity index (χ2v) is 10.1. The first kappa shape index (κ1) is 24.6. The maximum Gasteiger partial charge on any atom is 0.410 e. The normalized spacial score (nSPS) is 14.5. The number of imidazole rings is 1. The molecule has 1 fully saturated rings. The van der Waals surface area contributed by atoms with Gasteiger partial charge in [0, 0.05) is 33.2 Å². The quantitative estimate of drug-likeness (QED) is 0.393. The minimum absolute atomic E-state index is 0.00595. The number of benzene rings is 1. The maximum absolute atomic E-state index is 13.6. The summed E-state index contributed by atoms with van der Waals surface area (Å²) >= 11 is 0. The summed E-state index contributed by atoms with van der Waals surface area (Å²) in [7, 11) is 1.82. The van der Waals surface area contributed by atoms with Crippen molar-refractivity contribution in [2.75, 3.05) is 37.7 Å². The number of nitrogens with zero attached hydrogens (tertiary/aromatic N) is 5. The molecule has 0 atom stereocenters. The van der Waals surface area contributed by atoms with Crippen molar-refractivity contribution in [1.82, 2.24) is 18.9 Å². The van der Waals surface area contributed by atoms with Crippen LogP contribution in [-0.4, -0.2) is 69.3 Å². The van der Waals surface area contributed by atoms with Crippen LogP contribution in [0.3, 0.4) is 0 Å². The van der Waals surface area contributed by atoms with Gasteiger partial charge in [-0.1, -0.05) is 12.1 Å². The summed E-state index contributed by atoms with van der Waals surface area (Å²) < 4.78 is 14.5. The van der Waals surface area contributed by atoms with Crippen molar-refractivity contribution in [3.05, 3.63) is 52.2 Å². The molecule has 0 saturated carbocycles. The van der Waals surface area contributed by atoms with Gasteiger partial charge in [-0.25, -0.2) is 14.6 Å². The van der Waals surface area contributed by atoms with E-state index in [9.17, 15) is 14.4 Å². The lowest BCUT2D eigenvalue weighted by Crippen LogP contribution is -2.50. The lowest BCUT2D eigenvalue weighted by atomic mass is 10.1. The van der Waals surface area contributed by atoms with Gasteiger partial charge in [-0.15, -0.1) is 0 Å². The zero-order valence-corrected chi connectivity index (χ0v) is 21.8. The highest BCUT2D eigenvalue weighted by molar-refractivity contribution is 6.03. The Kier molecular flexibility index (Phi) is 6.05. The molecule has 0 radical (unpaired) electrons. The van der Waals surface area contributed by atoms with Gasteiger partial charge in [0.1, 0.15) is 22.6 Å². The lowest BCUT2D eigenvalue weighted by molar-refractivity contribution is 0.0240. The molecule has 5 rings (SSSR count). The van der Waals surface area contributed by atoms with Crippen molar-refractivity contribution in [2.45, 2.75) is 33.3 Å². The minimum atomic E-state index is -0.653. The molecule has 194 valence electrons. The summed E-state index contributed by atoms with van der Waals surface area (Å²) in [5, 5.41) is 0.341. The molecule has 10 heteroatoms. The second-order valence-electron chi connectivity index (χ2n) is 10.1. The Bertz CT molecular complexity index is 1590. The third-order valence-corrected chi connectivity index (χ3v) is 6.52. The summed E-state index contributed by atoms with van der Waals surface area (Å²) in [6.07, 6.45) is -0.325. The number of carbonyl (C=O) groups excluding carboxylic acids is 2. The van der Waals surface area contributed by atoms with E-state index in [0.29, 0.717) is 48.7 Å². The number of hydrogen-bond donors (Lipinski definition) is 0. The number of amides is 1. The van der Waals surface area contributed by atoms with Crippen LogP contribution >= 0.6 is 0 Å². The predicted molar refractivity (Wildman–Crippen MR) is 141 cm³/mol. The summed E-state index contributed by atoms with van der Waals surface area (Å²) in [6, 6.07) is 11.2. The van der Waals surface area contributed by atoms with Crippen molar-refractivity contribution in [3.8, 4) is 0 Å². The van der Waals surface area contributed by atoms with Gasteiger partial charge in [0.25, 0.3) is 0 Å². The maximum atomic E-state index is 13.6. The highest BCUT2D eigenvalue weighted by atomic mass is 16.6. The third kappa shape index (κ3) is 4.26. The van der Waals surface area contributed by atoms with E-state index in [2.05, 4.69) is 4.90 Å². The number of piperazine rings is 1. The van der Waals surface area contributed by atoms with Crippen LogP contribution in [0.15, 0.2) is 41.2 Å². The fourth-order valence-electron chi connectivity index (χ4n) is 4.84. The van der Waals surface area contributed by atoms with Crippen LogP contribution in [-0.2, 0) is 16.5 Å². The van der Waals surface area contributed by atoms with Crippen molar-refractivity contribution in [3.63, 3.8) is 0 Å². The van der Waals surface area contributed by atoms with Crippen molar-refractivity contribution in [1.29, 1.82) is 0 Å². The van der Waals surface area contributed by atoms with Gasteiger partial charge < -0.3 is 23.8 Å². The van der Waals surface area contributed by atoms with Gasteiger partial charge in [0.15, 0.2) is 5.65 Å². The highest BCUT2D eigenvalue weighted by Crippen LogP contribution is 2.27. The van der Waals surface area contributed by atoms with Crippen LogP contribution < -0.4 is 10.3 Å². The first-order valence-corrected chi connectivity index (χ1v) is 12.4. The lowest BCUT2D eigenvalue weighted by Gasteiger charge is -2.36. The molecule has 0 unspecified atom stereocenters. The van der Waals surface area contributed by atoms with E-state index in [0.717, 1.165) is 11.0 Å². The molecule has 1 aliphatic rings. The molecule has 0 bridgehead atoms. The molecule has 0 N–H and O–H groups in total. The number of aromatic nitrogens is 3. The van der Waals surface area contributed by atoms with E-state index in [-0.39, 0.29) is 18.3 Å². The number of fused-ring (bicyclic) bond motifs is 5. The van der Waals surface area contributed by atoms with E-state index >= 15 is 0 Å². The molecular weight excluding hydrogens is 474 g/mol. The summed E-state index contributed by atoms with van der Waals surface area (Å²) in [4.78, 5) is 47.7. The molecule has 1 amide bonds. The fraction of sp³-hybridized carbons (Fsp3) is 0.407. The second kappa shape index (κ2) is 9.10. The Labute approximate surface area is 214 Å². The van der Waals surface area contributed by atoms with Crippen molar-refractivity contribution >= 4 is 45.6 Å². The van der Waals surface area contributed by atoms with Crippen LogP contribution in [0, 0.1) is 0 Å². The van der Waals surface area contributed by atoms with Gasteiger partial charge in [-0.2, -0.15) is 0 Å². The van der Waals surface area contributed by atoms with E-state index in [4.69, 9.17) is 14.5 Å². The molecule has 1 aromatic carbocycles. The largest absolute Gasteiger partial charge is 0.462 e. The number of anilines is 1. The van der Waals surface area contributed by atoms with Gasteiger partial charge in [0.2, 0.25) is 5.43 Å². The monoisotopic (exact) mass is 505 g/mol. The zero-order chi connectivity index (χ0) is 26.5. The van der Waals surface area contributed by atoms with Crippen molar-refractivity contribution in [2.24, 2.45) is 7.05 Å². The first-order valence-electron chi connectivity index (χ1n) is 12.4. The van der Waals surface area contributed by atoms with Gasteiger partial charge in [-0.05, 0) is 52.0 Å². The number of para-hydroxylation sites is 2. The Hall–Kier alpha value is -4.08. The number of hydrogen-bond acceptors (Lipinski definition) is 7. The molecule has 4 heterocycles. The predicted octanol–water partition coefficient (Wildman–Crippen LogP) is 3.57. The van der Waals surface area contributed by atoms with E-state index in [1.54, 1.807) is 24.0 Å². The Morgan fingerprint density at radius 3 is 2.32 bits per heavy atom. The van der Waals surface area contributed by atoms with E-state index < -0.39 is 17.0 Å². The molecular formula is C27H31N5O5. The topological polar surface area (TPSA) is 98.4 Å². The molecule has 37 heavy (non-hydrogen) atoms. The zero-order valence-electron chi connectivity index (χ0n) is 21.8. The third-order valence-electron chi connectivity index (χ3n) is 6.52. The summed E-state index contributed by atoms with van der Waals surface area (Å²) in [5.41, 5.74) is 1.64. The van der Waals surface area contributed by atoms with E-state index in [1.165, 1.54) is 0 Å². The van der Waals surface area contributed by atoms with E-state index in [1.807, 2.05) is 61.1 Å². The Morgan fingerprint density at radius 1 is 1.00 bits per heavy atom. The van der Waals surface area contributed by atoms with Crippen LogP contribution in [0.2, 0.25) is 0 Å². The summed E-state index contributed by atoms with van der Waals surface area (Å²) in [6.45, 7) is 9.58. The number of carbonyl (C=O) groups is 2. The number of esters is 1. The smallest absolute Gasteiger partial charge is 0.410 e. The molecule has 0 spiro atoms. The van der Waals surface area contributed by atoms with Gasteiger partial charge in [0.05, 0.1) is 23.0 Å². The standard InChI is InChI=1S/C27H31N5O5/c1-6-36-25(34)21-22(33)17-11-12-20(30-13-15-31(16-14-30)26(35)37-27(2,3)4)28-23(17)32-19-10-8-7-9-18(19)29(5)24(21)32/h7-12H,6,13-16H2,1-5H3. The van der Waals surface area contributed by atoms with Gasteiger partial charge in [-0.3, -0.25) is 9.20 Å². The van der Waals surface area contributed by atoms with Crippen LogP contribution in [0.4, 0.5) is 10.6 Å². The number of rotatable bonds is 3. The Balaban J connectivity index is 1.60. The van der Waals surface area contributed by atoms with Gasteiger partial charge >= 0.3 is 12.1 Å². The molecule has 10 nitrogen and oxygen atoms in total. The summed E-state index contributed by atoms with van der Waals surface area (Å²) in [5.74, 6) is 0.0431. The Morgan fingerprint density at radius 2 is 1.68 bits per heavy atom. The first-order chi connectivity index (χ1) is 17.6. The highest BCUT2D eigenvalue weighted by Gasteiger charge is 2.28. The molecule has 1 aliphatic heterocycles.